The largest absolute Gasteiger partial charge is 0.360 e. The lowest BCUT2D eigenvalue weighted by Crippen LogP contribution is -1.91. The maximum atomic E-state index is 9.47. The summed E-state index contributed by atoms with van der Waals surface area (Å²) in [5.41, 5.74) is 5.94. The van der Waals surface area contributed by atoms with E-state index in [0.717, 1.165) is 28.4 Å². The summed E-state index contributed by atoms with van der Waals surface area (Å²) in [4.78, 5) is 4.62. The van der Waals surface area contributed by atoms with Crippen LogP contribution in [0.3, 0.4) is 0 Å². The molecule has 0 spiro atoms. The highest BCUT2D eigenvalue weighted by Crippen LogP contribution is 2.26. The van der Waals surface area contributed by atoms with Crippen LogP contribution in [-0.4, -0.2) is 4.98 Å². The third-order valence-electron chi connectivity index (χ3n) is 3.91. The quantitative estimate of drug-likeness (QED) is 0.607. The molecule has 1 heterocycles. The molecule has 3 aromatic rings. The van der Waals surface area contributed by atoms with Crippen LogP contribution in [0.1, 0.15) is 23.1 Å². The van der Waals surface area contributed by atoms with E-state index >= 15 is 0 Å². The number of benzene rings is 2. The molecule has 0 fully saturated rings. The molecule has 0 aliphatic heterocycles. The first-order valence-electron chi connectivity index (χ1n) is 8.18. The minimum atomic E-state index is 0.530. The van der Waals surface area contributed by atoms with Gasteiger partial charge in [-0.05, 0) is 36.6 Å². The molecule has 0 aliphatic rings. The van der Waals surface area contributed by atoms with Gasteiger partial charge in [-0.3, -0.25) is 0 Å². The summed E-state index contributed by atoms with van der Waals surface area (Å²) in [5, 5.41) is 15.4. The van der Waals surface area contributed by atoms with Crippen molar-refractivity contribution in [2.45, 2.75) is 20.3 Å². The summed E-state index contributed by atoms with van der Waals surface area (Å²) < 4.78 is 0. The highest BCUT2D eigenvalue weighted by atomic mass is 32.1. The van der Waals surface area contributed by atoms with E-state index < -0.39 is 0 Å². The molecule has 1 aromatic heterocycles. The van der Waals surface area contributed by atoms with Crippen LogP contribution >= 0.6 is 11.3 Å². The van der Waals surface area contributed by atoms with Crippen LogP contribution in [0, 0.1) is 18.3 Å². The summed E-state index contributed by atoms with van der Waals surface area (Å²) in [6, 6.07) is 18.7. The monoisotopic (exact) mass is 345 g/mol. The normalized spacial score (nSPS) is 11.2. The van der Waals surface area contributed by atoms with Crippen molar-refractivity contribution in [3.63, 3.8) is 0 Å². The van der Waals surface area contributed by atoms with Gasteiger partial charge in [0.25, 0.3) is 0 Å². The molecule has 0 atom stereocenters. The van der Waals surface area contributed by atoms with Gasteiger partial charge in [0.1, 0.15) is 16.6 Å². The lowest BCUT2D eigenvalue weighted by Gasteiger charge is -2.02. The summed E-state index contributed by atoms with van der Waals surface area (Å²) >= 11 is 1.48. The van der Waals surface area contributed by atoms with Crippen LogP contribution in [0.25, 0.3) is 16.8 Å². The maximum Gasteiger partial charge on any atom is 0.136 e. The Morgan fingerprint density at radius 2 is 2.04 bits per heavy atom. The Morgan fingerprint density at radius 1 is 1.24 bits per heavy atom. The lowest BCUT2D eigenvalue weighted by atomic mass is 10.1. The SMILES string of the molecule is CCc1ccc(-c2csc(/C(C#N)=C/Nc3cccc(C)c3)n2)cc1. The van der Waals surface area contributed by atoms with Crippen molar-refractivity contribution in [2.24, 2.45) is 0 Å². The number of nitrogens with one attached hydrogen (secondary N) is 1. The first-order chi connectivity index (χ1) is 12.2. The molecule has 25 heavy (non-hydrogen) atoms. The van der Waals surface area contributed by atoms with Gasteiger partial charge in [0, 0.05) is 22.8 Å². The fourth-order valence-corrected chi connectivity index (χ4v) is 3.27. The van der Waals surface area contributed by atoms with Crippen molar-refractivity contribution < 1.29 is 0 Å². The van der Waals surface area contributed by atoms with Crippen LogP contribution < -0.4 is 5.32 Å². The summed E-state index contributed by atoms with van der Waals surface area (Å²) in [6.45, 7) is 4.18. The van der Waals surface area contributed by atoms with Crippen LogP contribution in [0.2, 0.25) is 0 Å². The van der Waals surface area contributed by atoms with Crippen LogP contribution in [0.4, 0.5) is 5.69 Å². The summed E-state index contributed by atoms with van der Waals surface area (Å²) in [5.74, 6) is 0. The molecule has 3 rings (SSSR count). The molecular weight excluding hydrogens is 326 g/mol. The number of aryl methyl sites for hydroxylation is 2. The van der Waals surface area contributed by atoms with E-state index in [4.69, 9.17) is 0 Å². The lowest BCUT2D eigenvalue weighted by molar-refractivity contribution is 1.14. The van der Waals surface area contributed by atoms with Gasteiger partial charge in [-0.15, -0.1) is 11.3 Å². The van der Waals surface area contributed by atoms with Gasteiger partial charge in [-0.25, -0.2) is 4.98 Å². The molecule has 0 aliphatic carbocycles. The third-order valence-corrected chi connectivity index (χ3v) is 4.79. The van der Waals surface area contributed by atoms with Crippen molar-refractivity contribution in [3.8, 4) is 17.3 Å². The molecule has 124 valence electrons. The Morgan fingerprint density at radius 3 is 2.72 bits per heavy atom. The molecule has 2 aromatic carbocycles. The second kappa shape index (κ2) is 7.78. The second-order valence-electron chi connectivity index (χ2n) is 5.77. The number of hydrogen-bond acceptors (Lipinski definition) is 4. The Balaban J connectivity index is 1.81. The smallest absolute Gasteiger partial charge is 0.136 e. The van der Waals surface area contributed by atoms with Crippen LogP contribution in [-0.2, 0) is 6.42 Å². The zero-order valence-corrected chi connectivity index (χ0v) is 15.1. The number of nitriles is 1. The molecule has 0 radical (unpaired) electrons. The predicted octanol–water partition coefficient (Wildman–Crippen LogP) is 5.66. The number of hydrogen-bond donors (Lipinski definition) is 1. The molecule has 4 heteroatoms. The Labute approximate surface area is 152 Å². The predicted molar refractivity (Wildman–Crippen MR) is 105 cm³/mol. The number of allylic oxidation sites excluding steroid dienone is 1. The number of nitrogens with zero attached hydrogens (tertiary/aromatic N) is 2. The molecule has 0 saturated heterocycles. The van der Waals surface area contributed by atoms with Gasteiger partial charge in [0.05, 0.1) is 5.69 Å². The number of anilines is 1. The first kappa shape index (κ1) is 16.9. The van der Waals surface area contributed by atoms with E-state index in [1.54, 1.807) is 6.20 Å². The molecule has 0 bridgehead atoms. The highest BCUT2D eigenvalue weighted by Gasteiger charge is 2.09. The molecule has 3 nitrogen and oxygen atoms in total. The molecule has 1 N–H and O–H groups in total. The van der Waals surface area contributed by atoms with E-state index in [1.807, 2.05) is 36.6 Å². The number of thiazole rings is 1. The standard InChI is InChI=1S/C21H19N3S/c1-3-16-7-9-17(10-8-16)20-14-25-21(24-20)18(12-22)13-23-19-6-4-5-15(2)11-19/h4-11,13-14,23H,3H2,1-2H3/b18-13+. The van der Waals surface area contributed by atoms with Crippen molar-refractivity contribution in [2.75, 3.05) is 5.32 Å². The van der Waals surface area contributed by atoms with Gasteiger partial charge < -0.3 is 5.32 Å². The van der Waals surface area contributed by atoms with Crippen molar-refractivity contribution in [1.29, 1.82) is 5.26 Å². The zero-order chi connectivity index (χ0) is 17.6. The Hall–Kier alpha value is -2.90. The van der Waals surface area contributed by atoms with Gasteiger partial charge in [0.15, 0.2) is 0 Å². The maximum absolute atomic E-state index is 9.47. The number of rotatable bonds is 5. The van der Waals surface area contributed by atoms with E-state index in [0.29, 0.717) is 5.57 Å². The molecule has 0 amide bonds. The fraction of sp³-hybridized carbons (Fsp3) is 0.143. The van der Waals surface area contributed by atoms with Gasteiger partial charge in [-0.2, -0.15) is 5.26 Å². The topological polar surface area (TPSA) is 48.7 Å². The molecule has 0 saturated carbocycles. The van der Waals surface area contributed by atoms with Gasteiger partial charge >= 0.3 is 0 Å². The summed E-state index contributed by atoms with van der Waals surface area (Å²) in [7, 11) is 0. The molecule has 0 unspecified atom stereocenters. The van der Waals surface area contributed by atoms with Gasteiger partial charge in [-0.1, -0.05) is 43.3 Å². The Bertz CT molecular complexity index is 930. The third kappa shape index (κ3) is 4.14. The van der Waals surface area contributed by atoms with E-state index in [2.05, 4.69) is 47.6 Å². The second-order valence-corrected chi connectivity index (χ2v) is 6.63. The zero-order valence-electron chi connectivity index (χ0n) is 14.3. The van der Waals surface area contributed by atoms with Crippen molar-refractivity contribution in [1.82, 2.24) is 4.98 Å². The highest BCUT2D eigenvalue weighted by molar-refractivity contribution is 7.11. The fourth-order valence-electron chi connectivity index (χ4n) is 2.47. The van der Waals surface area contributed by atoms with Gasteiger partial charge in [0.2, 0.25) is 0 Å². The van der Waals surface area contributed by atoms with Crippen LogP contribution in [0.5, 0.6) is 0 Å². The van der Waals surface area contributed by atoms with E-state index in [-0.39, 0.29) is 0 Å². The van der Waals surface area contributed by atoms with Crippen LogP contribution in [0.15, 0.2) is 60.1 Å². The van der Waals surface area contributed by atoms with Crippen molar-refractivity contribution >= 4 is 22.6 Å². The minimum absolute atomic E-state index is 0.530. The molecular formula is C21H19N3S. The Kier molecular flexibility index (Phi) is 5.27. The van der Waals surface area contributed by atoms with E-state index in [9.17, 15) is 5.26 Å². The van der Waals surface area contributed by atoms with E-state index in [1.165, 1.54) is 22.5 Å². The minimum Gasteiger partial charge on any atom is -0.360 e. The average molecular weight is 345 g/mol. The summed E-state index contributed by atoms with van der Waals surface area (Å²) in [6.07, 6.45) is 2.74. The first-order valence-corrected chi connectivity index (χ1v) is 9.06. The average Bonchev–Trinajstić information content (AvgIpc) is 3.12. The van der Waals surface area contributed by atoms with Crippen molar-refractivity contribution in [3.05, 3.63) is 76.2 Å². The number of aromatic nitrogens is 1.